The molecule has 0 saturated heterocycles. The summed E-state index contributed by atoms with van der Waals surface area (Å²) in [6.07, 6.45) is -0.186. The molecule has 0 spiro atoms. The van der Waals surface area contributed by atoms with Crippen molar-refractivity contribution in [2.24, 2.45) is 0 Å². The Hall–Kier alpha value is -0.940. The first-order valence-electron chi connectivity index (χ1n) is 3.13. The molecule has 1 heterocycles. The summed E-state index contributed by atoms with van der Waals surface area (Å²) in [6.45, 7) is 0. The maximum atomic E-state index is 10.3. The van der Waals surface area contributed by atoms with E-state index in [2.05, 4.69) is 20.9 Å². The minimum absolute atomic E-state index is 0.269. The van der Waals surface area contributed by atoms with Crippen molar-refractivity contribution in [1.29, 1.82) is 0 Å². The lowest BCUT2D eigenvalue weighted by Crippen LogP contribution is -2.10. The van der Waals surface area contributed by atoms with Crippen LogP contribution in [-0.4, -0.2) is 21.2 Å². The first-order valence-corrected chi connectivity index (χ1v) is 3.93. The smallest absolute Gasteiger partial charge is 0.337 e. The number of halogens is 1. The van der Waals surface area contributed by atoms with Crippen LogP contribution in [0.3, 0.4) is 0 Å². The summed E-state index contributed by atoms with van der Waals surface area (Å²) in [5.41, 5.74) is 0.269. The second-order valence-corrected chi connectivity index (χ2v) is 2.97. The maximum Gasteiger partial charge on any atom is 0.337 e. The third-order valence-corrected chi connectivity index (χ3v) is 1.77. The maximum absolute atomic E-state index is 10.3. The molecule has 0 saturated carbocycles. The van der Waals surface area contributed by atoms with E-state index in [4.69, 9.17) is 10.2 Å². The number of aliphatic carboxylic acids is 1. The quantitative estimate of drug-likeness (QED) is 0.745. The summed E-state index contributed by atoms with van der Waals surface area (Å²) >= 11 is 3.09. The molecule has 0 aliphatic carbocycles. The monoisotopic (exact) mass is 231 g/mol. The Balaban J connectivity index is 2.89. The minimum atomic E-state index is -1.49. The molecule has 5 heteroatoms. The third kappa shape index (κ3) is 2.02. The van der Waals surface area contributed by atoms with Gasteiger partial charge in [-0.15, -0.1) is 0 Å². The molecule has 2 N–H and O–H groups in total. The summed E-state index contributed by atoms with van der Waals surface area (Å²) in [6, 6.07) is 3.07. The molecule has 4 nitrogen and oxygen atoms in total. The standard InChI is InChI=1S/C7H6BrNO3/c8-5-2-1-4(3-9-5)6(10)7(11)12/h1-3,6,10H,(H,11,12). The Kier molecular flexibility index (Phi) is 2.78. The predicted octanol–water partition coefficient (Wildman–Crippen LogP) is 0.962. The van der Waals surface area contributed by atoms with Gasteiger partial charge in [0.25, 0.3) is 0 Å². The van der Waals surface area contributed by atoms with Gasteiger partial charge >= 0.3 is 5.97 Å². The highest BCUT2D eigenvalue weighted by Gasteiger charge is 2.15. The average molecular weight is 232 g/mol. The van der Waals surface area contributed by atoms with Crippen LogP contribution in [-0.2, 0) is 4.79 Å². The third-order valence-electron chi connectivity index (χ3n) is 1.30. The van der Waals surface area contributed by atoms with Crippen LogP contribution in [0.25, 0.3) is 0 Å². The topological polar surface area (TPSA) is 70.4 Å². The molecule has 0 radical (unpaired) electrons. The van der Waals surface area contributed by atoms with Gasteiger partial charge in [0.2, 0.25) is 0 Å². The summed E-state index contributed by atoms with van der Waals surface area (Å²) in [7, 11) is 0. The van der Waals surface area contributed by atoms with E-state index in [0.717, 1.165) is 0 Å². The van der Waals surface area contributed by atoms with Crippen LogP contribution in [0.15, 0.2) is 22.9 Å². The first kappa shape index (κ1) is 9.15. The zero-order valence-corrected chi connectivity index (χ0v) is 7.52. The van der Waals surface area contributed by atoms with E-state index in [1.165, 1.54) is 12.3 Å². The van der Waals surface area contributed by atoms with Gasteiger partial charge in [-0.2, -0.15) is 0 Å². The summed E-state index contributed by atoms with van der Waals surface area (Å²) in [4.78, 5) is 14.1. The summed E-state index contributed by atoms with van der Waals surface area (Å²) in [5.74, 6) is -1.28. The Morgan fingerprint density at radius 3 is 2.67 bits per heavy atom. The fraction of sp³-hybridized carbons (Fsp3) is 0.143. The molecule has 0 fully saturated rings. The number of aliphatic hydroxyl groups excluding tert-OH is 1. The van der Waals surface area contributed by atoms with E-state index in [1.54, 1.807) is 6.07 Å². The van der Waals surface area contributed by atoms with Crippen LogP contribution < -0.4 is 0 Å². The fourth-order valence-corrected chi connectivity index (χ4v) is 0.926. The van der Waals surface area contributed by atoms with Crippen molar-refractivity contribution in [2.45, 2.75) is 6.10 Å². The van der Waals surface area contributed by atoms with E-state index in [0.29, 0.717) is 4.60 Å². The van der Waals surface area contributed by atoms with Gasteiger partial charge in [-0.1, -0.05) is 6.07 Å². The molecule has 1 atom stereocenters. The molecule has 1 aromatic rings. The molecule has 1 aromatic heterocycles. The number of rotatable bonds is 2. The average Bonchev–Trinajstić information content (AvgIpc) is 2.04. The van der Waals surface area contributed by atoms with Crippen LogP contribution in [0, 0.1) is 0 Å². The van der Waals surface area contributed by atoms with Gasteiger partial charge < -0.3 is 10.2 Å². The van der Waals surface area contributed by atoms with Gasteiger partial charge in [-0.25, -0.2) is 9.78 Å². The Morgan fingerprint density at radius 1 is 1.58 bits per heavy atom. The molecule has 1 unspecified atom stereocenters. The summed E-state index contributed by atoms with van der Waals surface area (Å²) < 4.78 is 0.601. The zero-order chi connectivity index (χ0) is 9.14. The largest absolute Gasteiger partial charge is 0.479 e. The number of pyridine rings is 1. The SMILES string of the molecule is O=C(O)C(O)c1ccc(Br)nc1. The molecule has 0 aromatic carbocycles. The number of nitrogens with zero attached hydrogens (tertiary/aromatic N) is 1. The van der Waals surface area contributed by atoms with E-state index < -0.39 is 12.1 Å². The van der Waals surface area contributed by atoms with Crippen LogP contribution in [0.5, 0.6) is 0 Å². The lowest BCUT2D eigenvalue weighted by molar-refractivity contribution is -0.146. The number of carboxylic acids is 1. The Labute approximate surface area is 77.0 Å². The van der Waals surface area contributed by atoms with Gasteiger partial charge in [-0.3, -0.25) is 0 Å². The number of hydrogen-bond acceptors (Lipinski definition) is 3. The van der Waals surface area contributed by atoms with Gasteiger partial charge in [0.15, 0.2) is 6.10 Å². The number of carboxylic acid groups (broad SMARTS) is 1. The highest BCUT2D eigenvalue weighted by molar-refractivity contribution is 9.10. The predicted molar refractivity (Wildman–Crippen MR) is 44.5 cm³/mol. The highest BCUT2D eigenvalue weighted by atomic mass is 79.9. The molecule has 64 valence electrons. The molecule has 0 bridgehead atoms. The van der Waals surface area contributed by atoms with Crippen molar-refractivity contribution in [3.05, 3.63) is 28.5 Å². The van der Waals surface area contributed by atoms with Crippen LogP contribution >= 0.6 is 15.9 Å². The van der Waals surface area contributed by atoms with Gasteiger partial charge in [0.05, 0.1) is 0 Å². The molecule has 1 rings (SSSR count). The molecule has 12 heavy (non-hydrogen) atoms. The van der Waals surface area contributed by atoms with Crippen molar-refractivity contribution in [3.8, 4) is 0 Å². The van der Waals surface area contributed by atoms with Crippen molar-refractivity contribution in [3.63, 3.8) is 0 Å². The van der Waals surface area contributed by atoms with Crippen LogP contribution in [0.4, 0.5) is 0 Å². The van der Waals surface area contributed by atoms with Crippen LogP contribution in [0.1, 0.15) is 11.7 Å². The summed E-state index contributed by atoms with van der Waals surface area (Å²) in [5, 5.41) is 17.4. The lowest BCUT2D eigenvalue weighted by Gasteiger charge is -2.03. The number of hydrogen-bond donors (Lipinski definition) is 2. The second-order valence-electron chi connectivity index (χ2n) is 2.16. The number of aliphatic hydroxyl groups is 1. The molecule has 0 aliphatic rings. The fourth-order valence-electron chi connectivity index (χ4n) is 0.692. The first-order chi connectivity index (χ1) is 5.61. The lowest BCUT2D eigenvalue weighted by atomic mass is 10.2. The van der Waals surface area contributed by atoms with E-state index >= 15 is 0 Å². The van der Waals surface area contributed by atoms with Crippen molar-refractivity contribution in [2.75, 3.05) is 0 Å². The van der Waals surface area contributed by atoms with Crippen molar-refractivity contribution >= 4 is 21.9 Å². The second kappa shape index (κ2) is 3.64. The minimum Gasteiger partial charge on any atom is -0.479 e. The van der Waals surface area contributed by atoms with Gasteiger partial charge in [-0.05, 0) is 22.0 Å². The molecule has 0 amide bonds. The molecule has 0 aliphatic heterocycles. The number of carbonyl (C=O) groups is 1. The van der Waals surface area contributed by atoms with E-state index in [-0.39, 0.29) is 5.56 Å². The van der Waals surface area contributed by atoms with E-state index in [9.17, 15) is 4.79 Å². The van der Waals surface area contributed by atoms with Crippen molar-refractivity contribution in [1.82, 2.24) is 4.98 Å². The van der Waals surface area contributed by atoms with E-state index in [1.807, 2.05) is 0 Å². The highest BCUT2D eigenvalue weighted by Crippen LogP contribution is 2.13. The normalized spacial score (nSPS) is 12.5. The van der Waals surface area contributed by atoms with Gasteiger partial charge in [0, 0.05) is 11.8 Å². The van der Waals surface area contributed by atoms with Crippen molar-refractivity contribution < 1.29 is 15.0 Å². The van der Waals surface area contributed by atoms with Gasteiger partial charge in [0.1, 0.15) is 4.60 Å². The van der Waals surface area contributed by atoms with Crippen LogP contribution in [0.2, 0.25) is 0 Å². The molecular weight excluding hydrogens is 226 g/mol. The number of aromatic nitrogens is 1. The molecular formula is C7H6BrNO3. The Bertz CT molecular complexity index is 285. The zero-order valence-electron chi connectivity index (χ0n) is 5.94. The Morgan fingerprint density at radius 2 is 2.25 bits per heavy atom.